The van der Waals surface area contributed by atoms with E-state index in [1.807, 2.05) is 53.6 Å². The van der Waals surface area contributed by atoms with Crippen LogP contribution in [0.5, 0.6) is 0 Å². The number of anilines is 1. The number of hydrogen-bond acceptors (Lipinski definition) is 4. The molecule has 8 heteroatoms. The van der Waals surface area contributed by atoms with E-state index in [4.69, 9.17) is 11.6 Å². The number of carbonyl (C=O) groups is 2. The molecule has 1 aliphatic heterocycles. The van der Waals surface area contributed by atoms with Gasteiger partial charge in [-0.2, -0.15) is 0 Å². The van der Waals surface area contributed by atoms with Gasteiger partial charge in [0.25, 0.3) is 5.91 Å². The maximum Gasteiger partial charge on any atom is 0.273 e. The van der Waals surface area contributed by atoms with Crippen LogP contribution in [-0.4, -0.2) is 57.8 Å². The predicted octanol–water partition coefficient (Wildman–Crippen LogP) is 3.59. The van der Waals surface area contributed by atoms with E-state index in [1.165, 1.54) is 0 Å². The number of benzene rings is 1. The van der Waals surface area contributed by atoms with Crippen molar-refractivity contribution in [3.05, 3.63) is 59.2 Å². The van der Waals surface area contributed by atoms with E-state index >= 15 is 0 Å². The summed E-state index contributed by atoms with van der Waals surface area (Å²) in [6.07, 6.45) is 7.37. The molecule has 0 radical (unpaired) electrons. The summed E-state index contributed by atoms with van der Waals surface area (Å²) < 4.78 is 2.03. The van der Waals surface area contributed by atoms with Gasteiger partial charge in [0.1, 0.15) is 11.5 Å². The lowest BCUT2D eigenvalue weighted by Crippen LogP contribution is -2.42. The van der Waals surface area contributed by atoms with Gasteiger partial charge in [0.15, 0.2) is 0 Å². The van der Waals surface area contributed by atoms with Crippen LogP contribution in [0.25, 0.3) is 0 Å². The van der Waals surface area contributed by atoms with Crippen LogP contribution < -0.4 is 5.32 Å². The molecule has 1 saturated carbocycles. The Morgan fingerprint density at radius 3 is 2.71 bits per heavy atom. The van der Waals surface area contributed by atoms with Crippen molar-refractivity contribution >= 4 is 29.1 Å². The van der Waals surface area contributed by atoms with Crippen LogP contribution in [0.1, 0.15) is 42.1 Å². The fourth-order valence-corrected chi connectivity index (χ4v) is 4.04. The SMILES string of the molecule is C[C@@H](/C=C/C(=O)N1Cc2ncc(C(=O)Nc3ccccc3Cl)n2[C@@H](C2CC2)C1)N(C)C. The Bertz CT molecular complexity index is 1010. The molecule has 7 nitrogen and oxygen atoms in total. The number of nitrogens with zero attached hydrogens (tertiary/aromatic N) is 4. The summed E-state index contributed by atoms with van der Waals surface area (Å²) in [6.45, 7) is 3.02. The highest BCUT2D eigenvalue weighted by atomic mass is 35.5. The number of para-hydroxylation sites is 1. The zero-order valence-corrected chi connectivity index (χ0v) is 18.8. The van der Waals surface area contributed by atoms with E-state index in [1.54, 1.807) is 24.4 Å². The second-order valence-corrected chi connectivity index (χ2v) is 8.96. The first-order valence-corrected chi connectivity index (χ1v) is 11.0. The van der Waals surface area contributed by atoms with Gasteiger partial charge < -0.3 is 19.7 Å². The summed E-state index contributed by atoms with van der Waals surface area (Å²) in [5.74, 6) is 0.947. The fourth-order valence-electron chi connectivity index (χ4n) is 3.85. The molecule has 4 rings (SSSR count). The molecule has 1 fully saturated rings. The molecule has 1 N–H and O–H groups in total. The fraction of sp³-hybridized carbons (Fsp3) is 0.435. The third-order valence-corrected chi connectivity index (χ3v) is 6.44. The molecular weight excluding hydrogens is 414 g/mol. The third kappa shape index (κ3) is 4.67. The summed E-state index contributed by atoms with van der Waals surface area (Å²) in [5, 5.41) is 3.38. The van der Waals surface area contributed by atoms with Crippen molar-refractivity contribution in [1.82, 2.24) is 19.4 Å². The van der Waals surface area contributed by atoms with Gasteiger partial charge in [-0.15, -0.1) is 0 Å². The summed E-state index contributed by atoms with van der Waals surface area (Å²) in [6, 6.07) is 7.39. The topological polar surface area (TPSA) is 70.5 Å². The van der Waals surface area contributed by atoms with Gasteiger partial charge in [0, 0.05) is 18.7 Å². The number of aromatic nitrogens is 2. The largest absolute Gasteiger partial charge is 0.330 e. The van der Waals surface area contributed by atoms with Gasteiger partial charge in [-0.1, -0.05) is 29.8 Å². The number of amides is 2. The van der Waals surface area contributed by atoms with Crippen LogP contribution in [-0.2, 0) is 11.3 Å². The van der Waals surface area contributed by atoms with E-state index in [0.717, 1.165) is 18.7 Å². The van der Waals surface area contributed by atoms with Crippen LogP contribution in [0.4, 0.5) is 5.69 Å². The van der Waals surface area contributed by atoms with Crippen molar-refractivity contribution in [2.75, 3.05) is 26.0 Å². The zero-order chi connectivity index (χ0) is 22.1. The summed E-state index contributed by atoms with van der Waals surface area (Å²) >= 11 is 6.20. The van der Waals surface area contributed by atoms with Gasteiger partial charge in [0.2, 0.25) is 5.91 Å². The molecule has 31 heavy (non-hydrogen) atoms. The molecule has 0 unspecified atom stereocenters. The van der Waals surface area contributed by atoms with Crippen molar-refractivity contribution in [3.8, 4) is 0 Å². The monoisotopic (exact) mass is 441 g/mol. The number of rotatable bonds is 6. The Morgan fingerprint density at radius 1 is 1.29 bits per heavy atom. The Hall–Kier alpha value is -2.64. The van der Waals surface area contributed by atoms with Crippen molar-refractivity contribution in [1.29, 1.82) is 0 Å². The molecule has 2 amide bonds. The first kappa shape index (κ1) is 21.6. The van der Waals surface area contributed by atoms with Crippen LogP contribution in [0.15, 0.2) is 42.6 Å². The average Bonchev–Trinajstić information content (AvgIpc) is 3.51. The number of likely N-dealkylation sites (N-methyl/N-ethyl adjacent to an activating group) is 1. The molecule has 2 heterocycles. The maximum atomic E-state index is 13.0. The maximum absolute atomic E-state index is 13.0. The second kappa shape index (κ2) is 8.85. The highest BCUT2D eigenvalue weighted by Crippen LogP contribution is 2.43. The molecule has 2 aromatic rings. The molecule has 2 aliphatic rings. The zero-order valence-electron chi connectivity index (χ0n) is 18.1. The van der Waals surface area contributed by atoms with Crippen molar-refractivity contribution < 1.29 is 9.59 Å². The van der Waals surface area contributed by atoms with Crippen LogP contribution in [0.3, 0.4) is 0 Å². The Labute approximate surface area is 187 Å². The summed E-state index contributed by atoms with van der Waals surface area (Å²) in [5.41, 5.74) is 1.08. The summed E-state index contributed by atoms with van der Waals surface area (Å²) in [7, 11) is 3.96. The quantitative estimate of drug-likeness (QED) is 0.695. The number of hydrogen-bond donors (Lipinski definition) is 1. The van der Waals surface area contributed by atoms with Gasteiger partial charge >= 0.3 is 0 Å². The standard InChI is InChI=1S/C23H28ClN5O2/c1-15(27(2)3)8-11-22(30)28-13-20(16-9-10-16)29-19(12-25-21(29)14-28)23(31)26-18-7-5-4-6-17(18)24/h4-8,11-12,15-16,20H,9-10,13-14H2,1-3H3,(H,26,31)/b11-8+/t15-,20+/m0/s1. The highest BCUT2D eigenvalue weighted by Gasteiger charge is 2.40. The lowest BCUT2D eigenvalue weighted by molar-refractivity contribution is -0.128. The van der Waals surface area contributed by atoms with E-state index in [9.17, 15) is 9.59 Å². The third-order valence-electron chi connectivity index (χ3n) is 6.11. The van der Waals surface area contributed by atoms with Crippen molar-refractivity contribution in [2.24, 2.45) is 5.92 Å². The molecule has 2 atom stereocenters. The minimum Gasteiger partial charge on any atom is -0.330 e. The number of carbonyl (C=O) groups excluding carboxylic acids is 2. The van der Waals surface area contributed by atoms with Gasteiger partial charge in [-0.25, -0.2) is 4.98 Å². The van der Waals surface area contributed by atoms with Gasteiger partial charge in [-0.3, -0.25) is 9.59 Å². The molecule has 0 spiro atoms. The highest BCUT2D eigenvalue weighted by molar-refractivity contribution is 6.33. The first-order chi connectivity index (χ1) is 14.8. The molecule has 164 valence electrons. The average molecular weight is 442 g/mol. The Morgan fingerprint density at radius 2 is 2.03 bits per heavy atom. The minimum absolute atomic E-state index is 0.0179. The van der Waals surface area contributed by atoms with E-state index in [-0.39, 0.29) is 23.9 Å². The van der Waals surface area contributed by atoms with Crippen molar-refractivity contribution in [2.45, 2.75) is 38.4 Å². The lowest BCUT2D eigenvalue weighted by Gasteiger charge is -2.35. The predicted molar refractivity (Wildman–Crippen MR) is 121 cm³/mol. The number of halogens is 1. The minimum atomic E-state index is -0.239. The molecule has 1 aromatic heterocycles. The number of imidazole rings is 1. The Balaban J connectivity index is 1.55. The number of fused-ring (bicyclic) bond motifs is 1. The van der Waals surface area contributed by atoms with Crippen molar-refractivity contribution in [3.63, 3.8) is 0 Å². The summed E-state index contributed by atoms with van der Waals surface area (Å²) in [4.78, 5) is 34.2. The van der Waals surface area contributed by atoms with Gasteiger partial charge in [-0.05, 0) is 51.9 Å². The second-order valence-electron chi connectivity index (χ2n) is 8.55. The smallest absolute Gasteiger partial charge is 0.273 e. The molecule has 1 aliphatic carbocycles. The molecular formula is C23H28ClN5O2. The lowest BCUT2D eigenvalue weighted by atomic mass is 10.1. The van der Waals surface area contributed by atoms with Crippen LogP contribution in [0.2, 0.25) is 5.02 Å². The molecule has 1 aromatic carbocycles. The number of nitrogens with one attached hydrogen (secondary N) is 1. The Kier molecular flexibility index (Phi) is 6.16. The van der Waals surface area contributed by atoms with E-state index < -0.39 is 0 Å². The van der Waals surface area contributed by atoms with Crippen LogP contribution in [0, 0.1) is 5.92 Å². The normalized spacial score (nSPS) is 19.5. The van der Waals surface area contributed by atoms with E-state index in [0.29, 0.717) is 35.4 Å². The molecule has 0 bridgehead atoms. The van der Waals surface area contributed by atoms with Crippen LogP contribution >= 0.6 is 11.6 Å². The first-order valence-electron chi connectivity index (χ1n) is 10.6. The van der Waals surface area contributed by atoms with E-state index in [2.05, 4.69) is 10.3 Å². The molecule has 0 saturated heterocycles. The van der Waals surface area contributed by atoms with Gasteiger partial charge in [0.05, 0.1) is 29.5 Å².